The van der Waals surface area contributed by atoms with Crippen LogP contribution in [-0.4, -0.2) is 9.78 Å². The second-order valence-electron chi connectivity index (χ2n) is 4.69. The molecule has 0 bridgehead atoms. The molecule has 0 spiro atoms. The Bertz CT molecular complexity index is 567. The van der Waals surface area contributed by atoms with Crippen LogP contribution < -0.4 is 5.73 Å². The van der Waals surface area contributed by atoms with E-state index in [1.165, 1.54) is 16.8 Å². The molecule has 0 saturated heterocycles. The van der Waals surface area contributed by atoms with Gasteiger partial charge < -0.3 is 5.73 Å². The molecule has 0 unspecified atom stereocenters. The molecular weight excluding hydrogens is 222 g/mol. The van der Waals surface area contributed by atoms with Gasteiger partial charge in [-0.2, -0.15) is 5.10 Å². The lowest BCUT2D eigenvalue weighted by Crippen LogP contribution is -1.98. The standard InChI is InChI=1S/C15H21N3/c1-5-13-15(14(6-2)18(4)17-13)11-8-7-10(3)9-12(11)16/h7-9H,5-6,16H2,1-4H3. The van der Waals surface area contributed by atoms with Crippen molar-refractivity contribution in [2.45, 2.75) is 33.6 Å². The van der Waals surface area contributed by atoms with Crippen LogP contribution in [0.1, 0.15) is 30.8 Å². The van der Waals surface area contributed by atoms with E-state index in [9.17, 15) is 0 Å². The van der Waals surface area contributed by atoms with Crippen molar-refractivity contribution in [1.82, 2.24) is 9.78 Å². The maximum Gasteiger partial charge on any atom is 0.0703 e. The fraction of sp³-hybridized carbons (Fsp3) is 0.400. The van der Waals surface area contributed by atoms with Crippen molar-refractivity contribution in [3.05, 3.63) is 35.2 Å². The van der Waals surface area contributed by atoms with Crippen molar-refractivity contribution in [3.8, 4) is 11.1 Å². The number of hydrogen-bond donors (Lipinski definition) is 1. The summed E-state index contributed by atoms with van der Waals surface area (Å²) in [5, 5.41) is 4.60. The van der Waals surface area contributed by atoms with Gasteiger partial charge in [-0.15, -0.1) is 0 Å². The summed E-state index contributed by atoms with van der Waals surface area (Å²) in [6.07, 6.45) is 1.89. The molecule has 2 N–H and O–H groups in total. The lowest BCUT2D eigenvalue weighted by molar-refractivity contribution is 0.705. The molecule has 0 amide bonds. The SMILES string of the molecule is CCc1nn(C)c(CC)c1-c1ccc(C)cc1N. The second kappa shape index (κ2) is 4.84. The highest BCUT2D eigenvalue weighted by Crippen LogP contribution is 2.33. The van der Waals surface area contributed by atoms with Crippen LogP contribution in [0.4, 0.5) is 5.69 Å². The number of nitrogen functional groups attached to an aromatic ring is 1. The molecule has 0 saturated carbocycles. The Kier molecular flexibility index (Phi) is 3.41. The van der Waals surface area contributed by atoms with Gasteiger partial charge in [-0.05, 0) is 31.4 Å². The van der Waals surface area contributed by atoms with E-state index in [-0.39, 0.29) is 0 Å². The van der Waals surface area contributed by atoms with Gasteiger partial charge in [0.05, 0.1) is 5.69 Å². The van der Waals surface area contributed by atoms with Crippen molar-refractivity contribution in [2.75, 3.05) is 5.73 Å². The number of benzene rings is 1. The minimum absolute atomic E-state index is 0.840. The van der Waals surface area contributed by atoms with Gasteiger partial charge in [0.2, 0.25) is 0 Å². The largest absolute Gasteiger partial charge is 0.398 e. The first-order chi connectivity index (χ1) is 8.58. The predicted molar refractivity (Wildman–Crippen MR) is 76.5 cm³/mol. The number of rotatable bonds is 3. The Hall–Kier alpha value is -1.77. The normalized spacial score (nSPS) is 10.9. The molecule has 0 aliphatic rings. The third-order valence-electron chi connectivity index (χ3n) is 3.38. The molecule has 2 rings (SSSR count). The molecule has 1 heterocycles. The van der Waals surface area contributed by atoms with Gasteiger partial charge >= 0.3 is 0 Å². The molecule has 2 aromatic rings. The van der Waals surface area contributed by atoms with E-state index in [4.69, 9.17) is 5.73 Å². The summed E-state index contributed by atoms with van der Waals surface area (Å²) >= 11 is 0. The van der Waals surface area contributed by atoms with Gasteiger partial charge in [-0.25, -0.2) is 0 Å². The van der Waals surface area contributed by atoms with Crippen molar-refractivity contribution in [1.29, 1.82) is 0 Å². The van der Waals surface area contributed by atoms with Gasteiger partial charge in [-0.1, -0.05) is 26.0 Å². The van der Waals surface area contributed by atoms with Crippen LogP contribution in [0.3, 0.4) is 0 Å². The summed E-state index contributed by atoms with van der Waals surface area (Å²) in [5.41, 5.74) is 12.9. The number of nitrogens with two attached hydrogens (primary N) is 1. The summed E-state index contributed by atoms with van der Waals surface area (Å²) in [6, 6.07) is 6.25. The van der Waals surface area contributed by atoms with Crippen LogP contribution in [0.5, 0.6) is 0 Å². The van der Waals surface area contributed by atoms with Crippen LogP contribution in [0, 0.1) is 6.92 Å². The Morgan fingerprint density at radius 2 is 1.94 bits per heavy atom. The third kappa shape index (κ3) is 2.01. The van der Waals surface area contributed by atoms with Crippen molar-refractivity contribution < 1.29 is 0 Å². The molecule has 0 aliphatic carbocycles. The summed E-state index contributed by atoms with van der Waals surface area (Å²) in [4.78, 5) is 0. The number of anilines is 1. The quantitative estimate of drug-likeness (QED) is 0.842. The highest BCUT2D eigenvalue weighted by molar-refractivity contribution is 5.80. The zero-order valence-corrected chi connectivity index (χ0v) is 11.6. The van der Waals surface area contributed by atoms with E-state index < -0.39 is 0 Å². The van der Waals surface area contributed by atoms with Crippen LogP contribution in [0.25, 0.3) is 11.1 Å². The van der Waals surface area contributed by atoms with Gasteiger partial charge in [0, 0.05) is 29.6 Å². The molecule has 1 aromatic heterocycles. The summed E-state index contributed by atoms with van der Waals surface area (Å²) in [6.45, 7) is 6.35. The predicted octanol–water partition coefficient (Wildman–Crippen LogP) is 3.10. The molecule has 18 heavy (non-hydrogen) atoms. The third-order valence-corrected chi connectivity index (χ3v) is 3.38. The molecule has 96 valence electrons. The molecule has 1 aromatic carbocycles. The van der Waals surface area contributed by atoms with E-state index in [0.29, 0.717) is 0 Å². The second-order valence-corrected chi connectivity index (χ2v) is 4.69. The molecular formula is C15H21N3. The first kappa shape index (κ1) is 12.7. The van der Waals surface area contributed by atoms with Crippen LogP contribution in [0.2, 0.25) is 0 Å². The topological polar surface area (TPSA) is 43.8 Å². The average molecular weight is 243 g/mol. The highest BCUT2D eigenvalue weighted by Gasteiger charge is 2.17. The zero-order chi connectivity index (χ0) is 13.3. The lowest BCUT2D eigenvalue weighted by Gasteiger charge is -2.09. The summed E-state index contributed by atoms with van der Waals surface area (Å²) < 4.78 is 1.98. The summed E-state index contributed by atoms with van der Waals surface area (Å²) in [7, 11) is 2.01. The van der Waals surface area contributed by atoms with E-state index in [0.717, 1.165) is 29.8 Å². The number of aryl methyl sites for hydroxylation is 3. The van der Waals surface area contributed by atoms with Gasteiger partial charge in [-0.3, -0.25) is 4.68 Å². The maximum atomic E-state index is 6.17. The number of aromatic nitrogens is 2. The monoisotopic (exact) mass is 243 g/mol. The molecule has 3 nitrogen and oxygen atoms in total. The smallest absolute Gasteiger partial charge is 0.0703 e. The Morgan fingerprint density at radius 3 is 2.50 bits per heavy atom. The number of hydrogen-bond acceptors (Lipinski definition) is 2. The fourth-order valence-electron chi connectivity index (χ4n) is 2.49. The summed E-state index contributed by atoms with van der Waals surface area (Å²) in [5.74, 6) is 0. The van der Waals surface area contributed by atoms with Gasteiger partial charge in [0.15, 0.2) is 0 Å². The zero-order valence-electron chi connectivity index (χ0n) is 11.6. The first-order valence-corrected chi connectivity index (χ1v) is 6.49. The average Bonchev–Trinajstić information content (AvgIpc) is 2.65. The molecule has 0 fully saturated rings. The van der Waals surface area contributed by atoms with Crippen molar-refractivity contribution in [2.24, 2.45) is 7.05 Å². The van der Waals surface area contributed by atoms with Gasteiger partial charge in [0.1, 0.15) is 0 Å². The van der Waals surface area contributed by atoms with Crippen LogP contribution in [0.15, 0.2) is 18.2 Å². The first-order valence-electron chi connectivity index (χ1n) is 6.49. The number of nitrogens with zero attached hydrogens (tertiary/aromatic N) is 2. The van der Waals surface area contributed by atoms with Gasteiger partial charge in [0.25, 0.3) is 0 Å². The molecule has 0 atom stereocenters. The molecule has 0 aliphatic heterocycles. The van der Waals surface area contributed by atoms with E-state index in [1.54, 1.807) is 0 Å². The van der Waals surface area contributed by atoms with Crippen LogP contribution in [-0.2, 0) is 19.9 Å². The van der Waals surface area contributed by atoms with E-state index >= 15 is 0 Å². The van der Waals surface area contributed by atoms with E-state index in [2.05, 4.69) is 38.0 Å². The van der Waals surface area contributed by atoms with Crippen molar-refractivity contribution >= 4 is 5.69 Å². The molecule has 3 heteroatoms. The Balaban J connectivity index is 2.69. The maximum absolute atomic E-state index is 6.17. The minimum atomic E-state index is 0.840. The lowest BCUT2D eigenvalue weighted by atomic mass is 9.98. The van der Waals surface area contributed by atoms with E-state index in [1.807, 2.05) is 17.8 Å². The van der Waals surface area contributed by atoms with Crippen molar-refractivity contribution in [3.63, 3.8) is 0 Å². The fourth-order valence-corrected chi connectivity index (χ4v) is 2.49. The highest BCUT2D eigenvalue weighted by atomic mass is 15.3. The Morgan fingerprint density at radius 1 is 1.22 bits per heavy atom. The van der Waals surface area contributed by atoms with Crippen LogP contribution >= 0.6 is 0 Å². The Labute approximate surface area is 109 Å². The minimum Gasteiger partial charge on any atom is -0.398 e. The molecule has 0 radical (unpaired) electrons.